The van der Waals surface area contributed by atoms with Crippen molar-refractivity contribution in [3.8, 4) is 11.1 Å². The second-order valence-corrected chi connectivity index (χ2v) is 9.15. The number of ketones is 1. The molecule has 1 amide bonds. The summed E-state index contributed by atoms with van der Waals surface area (Å²) >= 11 is 0. The molecule has 5 rings (SSSR count). The van der Waals surface area contributed by atoms with E-state index >= 15 is 0 Å². The number of rotatable bonds is 6. The second-order valence-electron chi connectivity index (χ2n) is 9.15. The maximum Gasteiger partial charge on any atom is 0.253 e. The number of benzene rings is 3. The molecule has 0 spiro atoms. The molecule has 1 fully saturated rings. The van der Waals surface area contributed by atoms with Crippen LogP contribution < -0.4 is 0 Å². The Balaban J connectivity index is 1.24. The molecule has 176 valence electrons. The van der Waals surface area contributed by atoms with Crippen LogP contribution in [0.25, 0.3) is 11.1 Å². The summed E-state index contributed by atoms with van der Waals surface area (Å²) in [7, 11) is 1.90. The van der Waals surface area contributed by atoms with E-state index in [-0.39, 0.29) is 23.7 Å². The fourth-order valence-corrected chi connectivity index (χ4v) is 4.51. The number of halogens is 1. The quantitative estimate of drug-likeness (QED) is 0.366. The van der Waals surface area contributed by atoms with E-state index in [4.69, 9.17) is 0 Å². The van der Waals surface area contributed by atoms with E-state index in [1.54, 1.807) is 28.9 Å². The number of hydrogen-bond donors (Lipinski definition) is 0. The normalized spacial score (nSPS) is 13.5. The van der Waals surface area contributed by atoms with Gasteiger partial charge in [0.25, 0.3) is 5.91 Å². The van der Waals surface area contributed by atoms with Crippen molar-refractivity contribution in [1.82, 2.24) is 14.7 Å². The van der Waals surface area contributed by atoms with E-state index in [1.807, 2.05) is 37.3 Å². The summed E-state index contributed by atoms with van der Waals surface area (Å²) in [6.07, 6.45) is 3.89. The predicted molar refractivity (Wildman–Crippen MR) is 133 cm³/mol. The van der Waals surface area contributed by atoms with Gasteiger partial charge in [0.15, 0.2) is 5.78 Å². The van der Waals surface area contributed by atoms with Crippen LogP contribution >= 0.6 is 0 Å². The van der Waals surface area contributed by atoms with Gasteiger partial charge in [-0.3, -0.25) is 14.3 Å². The van der Waals surface area contributed by atoms with Crippen molar-refractivity contribution in [2.75, 3.05) is 13.1 Å². The molecular formula is C29H26FN3O2. The van der Waals surface area contributed by atoms with Gasteiger partial charge in [-0.1, -0.05) is 42.5 Å². The van der Waals surface area contributed by atoms with Crippen molar-refractivity contribution in [3.05, 3.63) is 113 Å². The molecule has 6 heteroatoms. The molecule has 0 aliphatic carbocycles. The molecule has 5 nitrogen and oxygen atoms in total. The van der Waals surface area contributed by atoms with E-state index in [2.05, 4.69) is 29.4 Å². The summed E-state index contributed by atoms with van der Waals surface area (Å²) < 4.78 is 15.8. The maximum atomic E-state index is 14.0. The number of likely N-dealkylation sites (tertiary alicyclic amines) is 1. The zero-order valence-electron chi connectivity index (χ0n) is 19.7. The Kier molecular flexibility index (Phi) is 6.03. The Hall–Kier alpha value is -4.06. The summed E-state index contributed by atoms with van der Waals surface area (Å²) in [6.45, 7) is 3.21. The SMILES string of the molecule is Cc1ccc(C(=O)N2CC(c3ccc(-c4cnn(C)c4)cc3)C2)cc1CC(=O)c1ccccc1F. The van der Waals surface area contributed by atoms with Gasteiger partial charge in [-0.2, -0.15) is 5.10 Å². The average molecular weight is 468 g/mol. The first kappa shape index (κ1) is 22.7. The van der Waals surface area contributed by atoms with Crippen molar-refractivity contribution in [3.63, 3.8) is 0 Å². The van der Waals surface area contributed by atoms with Gasteiger partial charge in [0.2, 0.25) is 0 Å². The number of carbonyl (C=O) groups is 2. The number of aromatic nitrogens is 2. The van der Waals surface area contributed by atoms with Gasteiger partial charge in [-0.05, 0) is 53.4 Å². The van der Waals surface area contributed by atoms with Crippen LogP contribution in [0.2, 0.25) is 0 Å². The van der Waals surface area contributed by atoms with Gasteiger partial charge in [0.05, 0.1) is 11.8 Å². The predicted octanol–water partition coefficient (Wildman–Crippen LogP) is 5.20. The average Bonchev–Trinajstić information content (AvgIpc) is 3.26. The van der Waals surface area contributed by atoms with Crippen LogP contribution in [0.1, 0.15) is 43.3 Å². The third-order valence-corrected chi connectivity index (χ3v) is 6.71. The highest BCUT2D eigenvalue weighted by Crippen LogP contribution is 2.30. The number of aryl methyl sites for hydroxylation is 2. The first-order valence-corrected chi connectivity index (χ1v) is 11.6. The Morgan fingerprint density at radius 3 is 2.43 bits per heavy atom. The van der Waals surface area contributed by atoms with Gasteiger partial charge in [-0.15, -0.1) is 0 Å². The molecule has 0 unspecified atom stereocenters. The van der Waals surface area contributed by atoms with Crippen molar-refractivity contribution < 1.29 is 14.0 Å². The standard InChI is InChI=1S/C29H26FN3O2/c1-19-7-8-22(13-23(19)14-28(34)26-5-3-4-6-27(26)30)29(35)33-17-25(18-33)21-11-9-20(10-12-21)24-15-31-32(2)16-24/h3-13,15-16,25H,14,17-18H2,1-2H3. The minimum atomic E-state index is -0.525. The molecule has 1 saturated heterocycles. The molecule has 2 heterocycles. The van der Waals surface area contributed by atoms with E-state index in [0.29, 0.717) is 24.6 Å². The lowest BCUT2D eigenvalue weighted by Gasteiger charge is -2.39. The van der Waals surface area contributed by atoms with Crippen molar-refractivity contribution in [2.24, 2.45) is 7.05 Å². The number of amides is 1. The number of Topliss-reactive ketones (excluding diaryl/α,β-unsaturated/α-hetero) is 1. The Bertz CT molecular complexity index is 1400. The zero-order chi connectivity index (χ0) is 24.5. The van der Waals surface area contributed by atoms with E-state index < -0.39 is 5.82 Å². The van der Waals surface area contributed by atoms with Crippen LogP contribution in [0.4, 0.5) is 4.39 Å². The van der Waals surface area contributed by atoms with Gasteiger partial charge in [-0.25, -0.2) is 4.39 Å². The second kappa shape index (κ2) is 9.29. The van der Waals surface area contributed by atoms with Crippen LogP contribution in [0.15, 0.2) is 79.1 Å². The van der Waals surface area contributed by atoms with Crippen LogP contribution in [0.3, 0.4) is 0 Å². The highest BCUT2D eigenvalue weighted by Gasteiger charge is 2.32. The summed E-state index contributed by atoms with van der Waals surface area (Å²) in [6, 6.07) is 19.8. The molecular weight excluding hydrogens is 441 g/mol. The number of carbonyl (C=O) groups excluding carboxylic acids is 2. The van der Waals surface area contributed by atoms with E-state index in [9.17, 15) is 14.0 Å². The Morgan fingerprint density at radius 2 is 1.74 bits per heavy atom. The third-order valence-electron chi connectivity index (χ3n) is 6.71. The Morgan fingerprint density at radius 1 is 1.00 bits per heavy atom. The lowest BCUT2D eigenvalue weighted by Crippen LogP contribution is -2.48. The molecule has 35 heavy (non-hydrogen) atoms. The van der Waals surface area contributed by atoms with Crippen LogP contribution in [0.5, 0.6) is 0 Å². The molecule has 4 aromatic rings. The topological polar surface area (TPSA) is 55.2 Å². The maximum absolute atomic E-state index is 14.0. The summed E-state index contributed by atoms with van der Waals surface area (Å²) in [5.74, 6) is -0.570. The fraction of sp³-hybridized carbons (Fsp3) is 0.207. The monoisotopic (exact) mass is 467 g/mol. The van der Waals surface area contributed by atoms with Gasteiger partial charge in [0, 0.05) is 49.8 Å². The highest BCUT2D eigenvalue weighted by atomic mass is 19.1. The molecule has 0 N–H and O–H groups in total. The molecule has 0 atom stereocenters. The largest absolute Gasteiger partial charge is 0.337 e. The van der Waals surface area contributed by atoms with E-state index in [0.717, 1.165) is 22.3 Å². The number of nitrogens with zero attached hydrogens (tertiary/aromatic N) is 3. The molecule has 1 aromatic heterocycles. The minimum absolute atomic E-state index is 0.0483. The third kappa shape index (κ3) is 4.64. The highest BCUT2D eigenvalue weighted by molar-refractivity contribution is 5.99. The Labute approximate surface area is 203 Å². The molecule has 0 bridgehead atoms. The van der Waals surface area contributed by atoms with Crippen molar-refractivity contribution in [1.29, 1.82) is 0 Å². The van der Waals surface area contributed by atoms with E-state index in [1.165, 1.54) is 17.7 Å². The zero-order valence-corrected chi connectivity index (χ0v) is 19.7. The molecule has 0 radical (unpaired) electrons. The van der Waals surface area contributed by atoms with Gasteiger partial charge in [0.1, 0.15) is 5.82 Å². The fourth-order valence-electron chi connectivity index (χ4n) is 4.51. The number of hydrogen-bond acceptors (Lipinski definition) is 3. The molecule has 1 aliphatic heterocycles. The smallest absolute Gasteiger partial charge is 0.253 e. The van der Waals surface area contributed by atoms with Gasteiger partial charge >= 0.3 is 0 Å². The summed E-state index contributed by atoms with van der Waals surface area (Å²) in [5, 5.41) is 4.22. The molecule has 1 aliphatic rings. The van der Waals surface area contributed by atoms with Crippen LogP contribution in [0, 0.1) is 12.7 Å². The van der Waals surface area contributed by atoms with Crippen molar-refractivity contribution in [2.45, 2.75) is 19.3 Å². The minimum Gasteiger partial charge on any atom is -0.337 e. The first-order chi connectivity index (χ1) is 16.9. The first-order valence-electron chi connectivity index (χ1n) is 11.6. The lowest BCUT2D eigenvalue weighted by molar-refractivity contribution is 0.0602. The van der Waals surface area contributed by atoms with Gasteiger partial charge < -0.3 is 4.90 Å². The molecule has 0 saturated carbocycles. The summed E-state index contributed by atoms with van der Waals surface area (Å²) in [4.78, 5) is 27.6. The summed E-state index contributed by atoms with van der Waals surface area (Å²) in [5.41, 5.74) is 5.68. The molecule has 3 aromatic carbocycles. The lowest BCUT2D eigenvalue weighted by atomic mass is 9.89. The van der Waals surface area contributed by atoms with Crippen LogP contribution in [-0.4, -0.2) is 39.5 Å². The van der Waals surface area contributed by atoms with Crippen LogP contribution in [-0.2, 0) is 13.5 Å². The van der Waals surface area contributed by atoms with Crippen molar-refractivity contribution >= 4 is 11.7 Å².